The van der Waals surface area contributed by atoms with E-state index >= 15 is 0 Å². The molecule has 0 aliphatic rings. The molecule has 3 rings (SSSR count). The molecule has 0 atom stereocenters. The van der Waals surface area contributed by atoms with E-state index in [1.54, 1.807) is 34.6 Å². The second-order valence-corrected chi connectivity index (χ2v) is 6.13. The lowest BCUT2D eigenvalue weighted by molar-refractivity contribution is 0.240. The highest BCUT2D eigenvalue weighted by Gasteiger charge is 2.05. The number of urea groups is 1. The largest absolute Gasteiger partial charge is 0.334 e. The molecule has 3 aromatic heterocycles. The van der Waals surface area contributed by atoms with Gasteiger partial charge in [0.25, 0.3) is 0 Å². The van der Waals surface area contributed by atoms with E-state index in [1.807, 2.05) is 36.8 Å². The molecule has 0 unspecified atom stereocenters. The quantitative estimate of drug-likeness (QED) is 0.756. The Labute approximate surface area is 138 Å². The highest BCUT2D eigenvalue weighted by atomic mass is 32.1. The second kappa shape index (κ2) is 7.06. The Kier molecular flexibility index (Phi) is 4.68. The number of aryl methyl sites for hydroxylation is 1. The molecule has 0 aromatic carbocycles. The molecule has 7 heteroatoms. The molecule has 3 heterocycles. The first-order valence-corrected chi connectivity index (χ1v) is 8.06. The third-order valence-corrected chi connectivity index (χ3v) is 4.17. The van der Waals surface area contributed by atoms with Gasteiger partial charge >= 0.3 is 6.03 Å². The van der Waals surface area contributed by atoms with Crippen molar-refractivity contribution < 1.29 is 4.79 Å². The number of rotatable bonds is 5. The van der Waals surface area contributed by atoms with Crippen LogP contribution < -0.4 is 10.6 Å². The zero-order valence-corrected chi connectivity index (χ0v) is 13.5. The topological polar surface area (TPSA) is 71.8 Å². The van der Waals surface area contributed by atoms with Gasteiger partial charge in [0.15, 0.2) is 0 Å². The zero-order valence-electron chi connectivity index (χ0n) is 12.7. The maximum absolute atomic E-state index is 11.8. The van der Waals surface area contributed by atoms with Gasteiger partial charge in [-0.1, -0.05) is 6.07 Å². The first kappa shape index (κ1) is 15.2. The van der Waals surface area contributed by atoms with E-state index in [4.69, 9.17) is 0 Å². The van der Waals surface area contributed by atoms with Gasteiger partial charge in [-0.05, 0) is 23.1 Å². The summed E-state index contributed by atoms with van der Waals surface area (Å²) in [5.41, 5.74) is 2.93. The van der Waals surface area contributed by atoms with Crippen molar-refractivity contribution >= 4 is 17.4 Å². The maximum Gasteiger partial charge on any atom is 0.315 e. The van der Waals surface area contributed by atoms with Crippen LogP contribution in [0.2, 0.25) is 0 Å². The molecule has 23 heavy (non-hydrogen) atoms. The standard InChI is InChI=1S/C16H17N5OS/c1-21-11-14(9-20-21)13-5-12(6-17-8-13)7-18-16(22)19-10-15-3-2-4-23-15/h2-6,8-9,11H,7,10H2,1H3,(H2,18,19,22). The number of carbonyl (C=O) groups is 1. The Bertz CT molecular complexity index is 781. The lowest BCUT2D eigenvalue weighted by Crippen LogP contribution is -2.34. The monoisotopic (exact) mass is 327 g/mol. The first-order chi connectivity index (χ1) is 11.2. The number of nitrogens with one attached hydrogen (secondary N) is 2. The third-order valence-electron chi connectivity index (χ3n) is 3.29. The summed E-state index contributed by atoms with van der Waals surface area (Å²) in [6, 6.07) is 5.77. The van der Waals surface area contributed by atoms with Gasteiger partial charge in [0, 0.05) is 48.2 Å². The highest BCUT2D eigenvalue weighted by Crippen LogP contribution is 2.18. The summed E-state index contributed by atoms with van der Waals surface area (Å²) in [6.45, 7) is 0.967. The number of thiophene rings is 1. The van der Waals surface area contributed by atoms with Crippen LogP contribution in [0.1, 0.15) is 10.4 Å². The maximum atomic E-state index is 11.8. The SMILES string of the molecule is Cn1cc(-c2cncc(CNC(=O)NCc3cccs3)c2)cn1. The van der Waals surface area contributed by atoms with E-state index < -0.39 is 0 Å². The Morgan fingerprint density at radius 3 is 2.83 bits per heavy atom. The number of pyridine rings is 1. The fraction of sp³-hybridized carbons (Fsp3) is 0.188. The number of hydrogen-bond acceptors (Lipinski definition) is 4. The average Bonchev–Trinajstić information content (AvgIpc) is 3.23. The van der Waals surface area contributed by atoms with Crippen molar-refractivity contribution in [3.05, 3.63) is 58.8 Å². The molecular formula is C16H17N5OS. The summed E-state index contributed by atoms with van der Waals surface area (Å²) < 4.78 is 1.75. The van der Waals surface area contributed by atoms with Gasteiger partial charge in [0.05, 0.1) is 12.7 Å². The van der Waals surface area contributed by atoms with Gasteiger partial charge in [-0.3, -0.25) is 9.67 Å². The summed E-state index contributed by atoms with van der Waals surface area (Å²) in [5.74, 6) is 0. The van der Waals surface area contributed by atoms with Gasteiger partial charge in [-0.25, -0.2) is 4.79 Å². The average molecular weight is 327 g/mol. The minimum absolute atomic E-state index is 0.190. The number of nitrogens with zero attached hydrogens (tertiary/aromatic N) is 3. The highest BCUT2D eigenvalue weighted by molar-refractivity contribution is 7.09. The van der Waals surface area contributed by atoms with Crippen LogP contribution >= 0.6 is 11.3 Å². The van der Waals surface area contributed by atoms with Crippen LogP contribution in [0.4, 0.5) is 4.79 Å². The molecule has 2 amide bonds. The van der Waals surface area contributed by atoms with Crippen molar-refractivity contribution in [2.45, 2.75) is 13.1 Å². The lowest BCUT2D eigenvalue weighted by Gasteiger charge is -2.07. The predicted octanol–water partition coefficient (Wildman–Crippen LogP) is 2.54. The van der Waals surface area contributed by atoms with E-state index in [0.717, 1.165) is 21.6 Å². The number of amides is 2. The molecule has 118 valence electrons. The molecule has 0 spiro atoms. The van der Waals surface area contributed by atoms with Gasteiger partial charge in [-0.2, -0.15) is 5.10 Å². The predicted molar refractivity (Wildman–Crippen MR) is 89.8 cm³/mol. The Morgan fingerprint density at radius 1 is 1.22 bits per heavy atom. The van der Waals surface area contributed by atoms with Crippen LogP contribution in [0.25, 0.3) is 11.1 Å². The van der Waals surface area contributed by atoms with E-state index in [2.05, 4.69) is 20.7 Å². The zero-order chi connectivity index (χ0) is 16.1. The van der Waals surface area contributed by atoms with Crippen LogP contribution in [-0.4, -0.2) is 20.8 Å². The molecule has 0 saturated heterocycles. The van der Waals surface area contributed by atoms with Crippen molar-refractivity contribution in [3.8, 4) is 11.1 Å². The lowest BCUT2D eigenvalue weighted by atomic mass is 10.1. The Hall–Kier alpha value is -2.67. The van der Waals surface area contributed by atoms with E-state index in [1.165, 1.54) is 0 Å². The van der Waals surface area contributed by atoms with Gasteiger partial charge in [0.2, 0.25) is 0 Å². The van der Waals surface area contributed by atoms with Crippen LogP contribution in [0.15, 0.2) is 48.4 Å². The fourth-order valence-electron chi connectivity index (χ4n) is 2.14. The van der Waals surface area contributed by atoms with Crippen LogP contribution in [0, 0.1) is 0 Å². The third kappa shape index (κ3) is 4.17. The van der Waals surface area contributed by atoms with Crippen molar-refractivity contribution in [3.63, 3.8) is 0 Å². The molecule has 0 radical (unpaired) electrons. The number of hydrogen-bond donors (Lipinski definition) is 2. The molecule has 6 nitrogen and oxygen atoms in total. The molecule has 0 bridgehead atoms. The summed E-state index contributed by atoms with van der Waals surface area (Å²) in [5, 5.41) is 11.8. The molecule has 0 saturated carbocycles. The normalized spacial score (nSPS) is 10.5. The van der Waals surface area contributed by atoms with Crippen molar-refractivity contribution in [1.29, 1.82) is 0 Å². The van der Waals surface area contributed by atoms with Crippen molar-refractivity contribution in [2.75, 3.05) is 0 Å². The van der Waals surface area contributed by atoms with E-state index in [9.17, 15) is 4.79 Å². The molecule has 0 aliphatic carbocycles. The molecule has 0 aliphatic heterocycles. The van der Waals surface area contributed by atoms with Crippen molar-refractivity contribution in [2.24, 2.45) is 7.05 Å². The molecule has 0 fully saturated rings. The van der Waals surface area contributed by atoms with Gasteiger partial charge < -0.3 is 10.6 Å². The summed E-state index contributed by atoms with van der Waals surface area (Å²) in [6.07, 6.45) is 7.26. The Morgan fingerprint density at radius 2 is 2.09 bits per heavy atom. The molecule has 3 aromatic rings. The Balaban J connectivity index is 1.54. The number of aromatic nitrogens is 3. The minimum Gasteiger partial charge on any atom is -0.334 e. The van der Waals surface area contributed by atoms with Crippen LogP contribution in [-0.2, 0) is 20.1 Å². The van der Waals surface area contributed by atoms with Crippen LogP contribution in [0.3, 0.4) is 0 Å². The van der Waals surface area contributed by atoms with Gasteiger partial charge in [0.1, 0.15) is 0 Å². The second-order valence-electron chi connectivity index (χ2n) is 5.10. The fourth-order valence-corrected chi connectivity index (χ4v) is 2.78. The summed E-state index contributed by atoms with van der Waals surface area (Å²) >= 11 is 1.62. The van der Waals surface area contributed by atoms with Gasteiger partial charge in [-0.15, -0.1) is 11.3 Å². The summed E-state index contributed by atoms with van der Waals surface area (Å²) in [4.78, 5) is 17.2. The summed E-state index contributed by atoms with van der Waals surface area (Å²) in [7, 11) is 1.88. The van der Waals surface area contributed by atoms with E-state index in [-0.39, 0.29) is 6.03 Å². The first-order valence-electron chi connectivity index (χ1n) is 7.18. The van der Waals surface area contributed by atoms with E-state index in [0.29, 0.717) is 13.1 Å². The minimum atomic E-state index is -0.190. The smallest absolute Gasteiger partial charge is 0.315 e. The molecular weight excluding hydrogens is 310 g/mol. The molecule has 2 N–H and O–H groups in total. The van der Waals surface area contributed by atoms with Crippen LogP contribution in [0.5, 0.6) is 0 Å². The van der Waals surface area contributed by atoms with Crippen molar-refractivity contribution in [1.82, 2.24) is 25.4 Å². The number of carbonyl (C=O) groups excluding carboxylic acids is 1.